The second-order valence-corrected chi connectivity index (χ2v) is 10.3. The molecule has 40 heavy (non-hydrogen) atoms. The standard InChI is InChI=1S/C29H20O11/c1-8-4-10-6-12-16(22(32)15(10)29(36)39-8)25-20(26(37-3)21(12)31)19-23(33)17-13(30)7-11-5-9(2)38-28(35)14(11)18(17)24(34)27(19)40-25/h6-9,30-32H,4-5H2,1-3H3/t8-,9+/m0/s1. The number of benzene rings is 3. The SMILES string of the molecule is COc1c(O)c2cc3c(c(O)c2c2oc4c(c12)C(=O)c1c(O)cc2c(c1C4=O)C(=O)O[C@H](C)C2)C(=O)O[C@@H](C)C3. The first-order valence-corrected chi connectivity index (χ1v) is 12.5. The molecule has 0 saturated carbocycles. The highest BCUT2D eigenvalue weighted by atomic mass is 16.5. The average Bonchev–Trinajstić information content (AvgIpc) is 3.27. The van der Waals surface area contributed by atoms with Crippen LogP contribution in [0.4, 0.5) is 0 Å². The van der Waals surface area contributed by atoms with E-state index in [0.29, 0.717) is 11.1 Å². The lowest BCUT2D eigenvalue weighted by atomic mass is 9.80. The molecule has 0 amide bonds. The van der Waals surface area contributed by atoms with Crippen molar-refractivity contribution in [3.05, 3.63) is 56.8 Å². The predicted octanol–water partition coefficient (Wildman–Crippen LogP) is 3.69. The molecule has 3 heterocycles. The first kappa shape index (κ1) is 24.0. The summed E-state index contributed by atoms with van der Waals surface area (Å²) in [4.78, 5) is 53.4. The summed E-state index contributed by atoms with van der Waals surface area (Å²) in [5.41, 5.74) is -0.805. The van der Waals surface area contributed by atoms with Crippen molar-refractivity contribution in [1.29, 1.82) is 0 Å². The molecule has 0 saturated heterocycles. The number of ether oxygens (including phenoxy) is 3. The van der Waals surface area contributed by atoms with Gasteiger partial charge in [-0.15, -0.1) is 0 Å². The van der Waals surface area contributed by atoms with Crippen molar-refractivity contribution in [2.45, 2.75) is 38.9 Å². The number of fused-ring (bicyclic) bond motifs is 9. The molecule has 0 spiro atoms. The van der Waals surface area contributed by atoms with E-state index in [0.717, 1.165) is 0 Å². The van der Waals surface area contributed by atoms with E-state index in [2.05, 4.69) is 0 Å². The van der Waals surface area contributed by atoms with Gasteiger partial charge >= 0.3 is 11.9 Å². The Morgan fingerprint density at radius 2 is 1.38 bits per heavy atom. The van der Waals surface area contributed by atoms with Crippen LogP contribution in [0.5, 0.6) is 23.0 Å². The third-order valence-corrected chi connectivity index (χ3v) is 7.73. The molecule has 0 unspecified atom stereocenters. The van der Waals surface area contributed by atoms with Gasteiger partial charge in [-0.25, -0.2) is 9.59 Å². The first-order valence-electron chi connectivity index (χ1n) is 12.5. The number of methoxy groups -OCH3 is 1. The molecule has 3 N–H and O–H groups in total. The van der Waals surface area contributed by atoms with E-state index in [1.54, 1.807) is 13.8 Å². The Hall–Kier alpha value is -5.06. The maximum Gasteiger partial charge on any atom is 0.342 e. The molecule has 0 bridgehead atoms. The molecule has 202 valence electrons. The van der Waals surface area contributed by atoms with Crippen LogP contribution in [0.2, 0.25) is 0 Å². The van der Waals surface area contributed by atoms with Gasteiger partial charge in [0.1, 0.15) is 29.3 Å². The molecule has 11 heteroatoms. The van der Waals surface area contributed by atoms with Gasteiger partial charge < -0.3 is 33.9 Å². The van der Waals surface area contributed by atoms with Crippen molar-refractivity contribution in [2.75, 3.05) is 7.11 Å². The number of furan rings is 1. The molecule has 3 aliphatic rings. The molecule has 3 aromatic carbocycles. The highest BCUT2D eigenvalue weighted by Crippen LogP contribution is 2.53. The number of hydrogen-bond acceptors (Lipinski definition) is 11. The Bertz CT molecular complexity index is 1930. The second-order valence-electron chi connectivity index (χ2n) is 10.3. The molecular weight excluding hydrogens is 524 g/mol. The van der Waals surface area contributed by atoms with E-state index in [4.69, 9.17) is 18.6 Å². The number of aromatic hydroxyl groups is 3. The van der Waals surface area contributed by atoms with Crippen LogP contribution in [0, 0.1) is 0 Å². The maximum atomic E-state index is 13.9. The molecule has 11 nitrogen and oxygen atoms in total. The lowest BCUT2D eigenvalue weighted by molar-refractivity contribution is 0.0287. The molecular formula is C29H20O11. The van der Waals surface area contributed by atoms with Crippen LogP contribution in [0.3, 0.4) is 0 Å². The fraction of sp³-hybridized carbons (Fsp3) is 0.241. The van der Waals surface area contributed by atoms with E-state index in [-0.39, 0.29) is 62.6 Å². The number of carbonyl (C=O) groups is 4. The van der Waals surface area contributed by atoms with Crippen LogP contribution < -0.4 is 4.74 Å². The van der Waals surface area contributed by atoms with E-state index in [1.807, 2.05) is 0 Å². The van der Waals surface area contributed by atoms with Crippen LogP contribution in [-0.2, 0) is 22.3 Å². The summed E-state index contributed by atoms with van der Waals surface area (Å²) in [6.07, 6.45) is -0.487. The fourth-order valence-electron chi connectivity index (χ4n) is 6.17. The predicted molar refractivity (Wildman–Crippen MR) is 136 cm³/mol. The zero-order valence-corrected chi connectivity index (χ0v) is 21.3. The van der Waals surface area contributed by atoms with E-state index >= 15 is 0 Å². The van der Waals surface area contributed by atoms with Crippen LogP contribution in [0.25, 0.3) is 21.7 Å². The Morgan fingerprint density at radius 3 is 2.02 bits per heavy atom. The number of rotatable bonds is 1. The summed E-state index contributed by atoms with van der Waals surface area (Å²) in [6.45, 7) is 3.35. The fourth-order valence-corrected chi connectivity index (χ4v) is 6.17. The molecule has 2 atom stereocenters. The number of carbonyl (C=O) groups excluding carboxylic acids is 4. The monoisotopic (exact) mass is 544 g/mol. The van der Waals surface area contributed by atoms with Crippen molar-refractivity contribution in [1.82, 2.24) is 0 Å². The van der Waals surface area contributed by atoms with Crippen LogP contribution in [0.15, 0.2) is 16.5 Å². The number of cyclic esters (lactones) is 2. The van der Waals surface area contributed by atoms with Gasteiger partial charge in [0.05, 0.1) is 40.1 Å². The minimum atomic E-state index is -0.875. The van der Waals surface area contributed by atoms with E-state index in [1.165, 1.54) is 19.2 Å². The molecule has 0 radical (unpaired) electrons. The summed E-state index contributed by atoms with van der Waals surface area (Å²) >= 11 is 0. The van der Waals surface area contributed by atoms with Gasteiger partial charge in [0, 0.05) is 18.2 Å². The lowest BCUT2D eigenvalue weighted by Crippen LogP contribution is -2.31. The Balaban J connectivity index is 1.60. The van der Waals surface area contributed by atoms with Crippen LogP contribution in [0.1, 0.15) is 77.7 Å². The Morgan fingerprint density at radius 1 is 0.750 bits per heavy atom. The maximum absolute atomic E-state index is 13.9. The van der Waals surface area contributed by atoms with Crippen LogP contribution >= 0.6 is 0 Å². The first-order chi connectivity index (χ1) is 19.0. The molecule has 1 aliphatic carbocycles. The topological polar surface area (TPSA) is 170 Å². The van der Waals surface area contributed by atoms with Gasteiger partial charge in [-0.2, -0.15) is 0 Å². The second kappa shape index (κ2) is 7.75. The largest absolute Gasteiger partial charge is 0.507 e. The molecule has 7 rings (SSSR count). The number of phenols is 3. The number of esters is 2. The number of phenolic OH excluding ortho intramolecular Hbond substituents is 3. The highest BCUT2D eigenvalue weighted by molar-refractivity contribution is 6.36. The minimum Gasteiger partial charge on any atom is -0.507 e. The average molecular weight is 544 g/mol. The van der Waals surface area contributed by atoms with Crippen LogP contribution in [-0.4, -0.2) is 58.1 Å². The smallest absolute Gasteiger partial charge is 0.342 e. The molecule has 2 aliphatic heterocycles. The minimum absolute atomic E-state index is 0.0591. The van der Waals surface area contributed by atoms with Crippen molar-refractivity contribution < 1.29 is 53.1 Å². The quantitative estimate of drug-likeness (QED) is 0.263. The third kappa shape index (κ3) is 2.83. The molecule has 1 aromatic heterocycles. The third-order valence-electron chi connectivity index (χ3n) is 7.73. The molecule has 0 fully saturated rings. The van der Waals surface area contributed by atoms with Gasteiger partial charge in [-0.1, -0.05) is 0 Å². The Kier molecular flexibility index (Phi) is 4.65. The van der Waals surface area contributed by atoms with Gasteiger partial charge in [0.2, 0.25) is 11.6 Å². The summed E-state index contributed by atoms with van der Waals surface area (Å²) < 4.78 is 22.0. The summed E-state index contributed by atoms with van der Waals surface area (Å²) in [5.74, 6) is -5.56. The van der Waals surface area contributed by atoms with Gasteiger partial charge in [-0.3, -0.25) is 9.59 Å². The zero-order valence-electron chi connectivity index (χ0n) is 21.3. The van der Waals surface area contributed by atoms with Gasteiger partial charge in [0.15, 0.2) is 22.8 Å². The normalized spacial score (nSPS) is 19.6. The van der Waals surface area contributed by atoms with Crippen molar-refractivity contribution in [3.8, 4) is 23.0 Å². The molecule has 4 aromatic rings. The summed E-state index contributed by atoms with van der Waals surface area (Å²) in [6, 6.07) is 2.76. The van der Waals surface area contributed by atoms with E-state index in [9.17, 15) is 34.5 Å². The lowest BCUT2D eigenvalue weighted by Gasteiger charge is -2.26. The van der Waals surface area contributed by atoms with Gasteiger partial charge in [-0.05, 0) is 37.1 Å². The summed E-state index contributed by atoms with van der Waals surface area (Å²) in [7, 11) is 1.24. The van der Waals surface area contributed by atoms with E-state index < -0.39 is 64.3 Å². The van der Waals surface area contributed by atoms with Crippen molar-refractivity contribution >= 4 is 45.2 Å². The van der Waals surface area contributed by atoms with Crippen molar-refractivity contribution in [2.24, 2.45) is 0 Å². The number of ketones is 2. The number of hydrogen-bond donors (Lipinski definition) is 3. The highest BCUT2D eigenvalue weighted by Gasteiger charge is 2.44. The Labute approximate surface area is 224 Å². The zero-order chi connectivity index (χ0) is 28.4. The van der Waals surface area contributed by atoms with Crippen molar-refractivity contribution in [3.63, 3.8) is 0 Å². The summed E-state index contributed by atoms with van der Waals surface area (Å²) in [5, 5.41) is 33.2. The van der Waals surface area contributed by atoms with Gasteiger partial charge in [0.25, 0.3) is 0 Å².